The molecule has 2 aromatic heterocycles. The largest absolute Gasteiger partial charge is 0.394 e. The van der Waals surface area contributed by atoms with Gasteiger partial charge in [0.05, 0.1) is 30.7 Å². The molecule has 0 aromatic carbocycles. The van der Waals surface area contributed by atoms with E-state index in [0.29, 0.717) is 0 Å². The minimum absolute atomic E-state index is 0.0872. The molecule has 0 saturated carbocycles. The minimum atomic E-state index is -0.391. The number of hydrogen-bond donors (Lipinski definition) is 2. The van der Waals surface area contributed by atoms with Crippen molar-refractivity contribution in [1.82, 2.24) is 14.4 Å². The molecule has 0 radical (unpaired) electrons. The first-order valence-electron chi connectivity index (χ1n) is 3.96. The number of aromatic nitrogens is 3. The predicted octanol–water partition coefficient (Wildman–Crippen LogP) is -0.279. The number of nitrogens with zero attached hydrogens (tertiary/aromatic N) is 3. The molecule has 3 N–H and O–H groups in total. The Morgan fingerprint density at radius 1 is 1.54 bits per heavy atom. The molecule has 5 heteroatoms. The molecule has 0 spiro atoms. The van der Waals surface area contributed by atoms with Gasteiger partial charge >= 0.3 is 0 Å². The molecule has 0 unspecified atom stereocenters. The molecule has 1 atom stereocenters. The Morgan fingerprint density at radius 2 is 2.38 bits per heavy atom. The van der Waals surface area contributed by atoms with Gasteiger partial charge in [-0.05, 0) is 0 Å². The molecule has 0 aliphatic rings. The Hall–Kier alpha value is -1.46. The first-order chi connectivity index (χ1) is 6.33. The average molecular weight is 178 g/mol. The van der Waals surface area contributed by atoms with Crippen LogP contribution >= 0.6 is 0 Å². The summed E-state index contributed by atoms with van der Waals surface area (Å²) >= 11 is 0. The third kappa shape index (κ3) is 1.28. The molecule has 2 aromatic rings. The lowest BCUT2D eigenvalue weighted by atomic mass is 10.2. The summed E-state index contributed by atoms with van der Waals surface area (Å²) in [4.78, 5) is 8.02. The van der Waals surface area contributed by atoms with E-state index < -0.39 is 6.04 Å². The van der Waals surface area contributed by atoms with E-state index in [1.807, 2.05) is 4.40 Å². The normalized spacial score (nSPS) is 13.4. The maximum absolute atomic E-state index is 8.88. The number of rotatable bonds is 2. The fraction of sp³-hybridized carbons (Fsp3) is 0.250. The van der Waals surface area contributed by atoms with Crippen LogP contribution in [0.25, 0.3) is 5.65 Å². The Labute approximate surface area is 74.9 Å². The van der Waals surface area contributed by atoms with Gasteiger partial charge in [0, 0.05) is 12.4 Å². The van der Waals surface area contributed by atoms with Crippen LogP contribution in [0.4, 0.5) is 0 Å². The number of fused-ring (bicyclic) bond motifs is 1. The van der Waals surface area contributed by atoms with Gasteiger partial charge in [0.1, 0.15) is 0 Å². The number of hydrogen-bond acceptors (Lipinski definition) is 4. The molecule has 5 nitrogen and oxygen atoms in total. The highest BCUT2D eigenvalue weighted by atomic mass is 16.3. The lowest BCUT2D eigenvalue weighted by Crippen LogP contribution is -2.16. The summed E-state index contributed by atoms with van der Waals surface area (Å²) in [6.45, 7) is -0.0872. The van der Waals surface area contributed by atoms with Crippen molar-refractivity contribution in [2.24, 2.45) is 5.73 Å². The van der Waals surface area contributed by atoms with Gasteiger partial charge in [-0.3, -0.25) is 9.38 Å². The topological polar surface area (TPSA) is 76.4 Å². The van der Waals surface area contributed by atoms with Crippen LogP contribution in [0, 0.1) is 0 Å². The van der Waals surface area contributed by atoms with E-state index in [1.54, 1.807) is 24.8 Å². The van der Waals surface area contributed by atoms with Crippen LogP contribution in [-0.4, -0.2) is 26.1 Å². The molecule has 0 fully saturated rings. The van der Waals surface area contributed by atoms with E-state index in [9.17, 15) is 0 Å². The molecule has 0 amide bonds. The van der Waals surface area contributed by atoms with Crippen molar-refractivity contribution in [2.75, 3.05) is 6.61 Å². The van der Waals surface area contributed by atoms with Gasteiger partial charge in [-0.2, -0.15) is 0 Å². The number of imidazole rings is 1. The van der Waals surface area contributed by atoms with E-state index in [2.05, 4.69) is 9.97 Å². The van der Waals surface area contributed by atoms with Gasteiger partial charge in [-0.1, -0.05) is 0 Å². The maximum atomic E-state index is 8.88. The van der Waals surface area contributed by atoms with Crippen molar-refractivity contribution in [1.29, 1.82) is 0 Å². The third-order valence-electron chi connectivity index (χ3n) is 1.92. The zero-order chi connectivity index (χ0) is 9.26. The van der Waals surface area contributed by atoms with Crippen molar-refractivity contribution in [3.8, 4) is 0 Å². The highest BCUT2D eigenvalue weighted by molar-refractivity contribution is 5.37. The maximum Gasteiger partial charge on any atom is 0.155 e. The number of nitrogens with two attached hydrogens (primary N) is 1. The minimum Gasteiger partial charge on any atom is -0.394 e. The molecular formula is C8H10N4O. The first kappa shape index (κ1) is 8.15. The average Bonchev–Trinajstić information content (AvgIpc) is 2.60. The van der Waals surface area contributed by atoms with Crippen LogP contribution < -0.4 is 5.73 Å². The summed E-state index contributed by atoms with van der Waals surface area (Å²) in [5.41, 5.74) is 7.20. The number of aliphatic hydroxyl groups excluding tert-OH is 1. The second kappa shape index (κ2) is 3.12. The second-order valence-corrected chi connectivity index (χ2v) is 2.78. The van der Waals surface area contributed by atoms with Crippen LogP contribution in [0.15, 0.2) is 24.8 Å². The Bertz CT molecular complexity index is 411. The number of aliphatic hydroxyl groups is 1. The molecule has 0 aliphatic carbocycles. The lowest BCUT2D eigenvalue weighted by molar-refractivity contribution is 0.265. The Balaban J connectivity index is 2.57. The van der Waals surface area contributed by atoms with Gasteiger partial charge < -0.3 is 10.8 Å². The quantitative estimate of drug-likeness (QED) is 0.663. The van der Waals surface area contributed by atoms with Crippen LogP contribution in [-0.2, 0) is 0 Å². The van der Waals surface area contributed by atoms with Gasteiger partial charge in [0.2, 0.25) is 0 Å². The van der Waals surface area contributed by atoms with Gasteiger partial charge in [-0.15, -0.1) is 0 Å². The van der Waals surface area contributed by atoms with Crippen LogP contribution in [0.2, 0.25) is 0 Å². The molecule has 2 rings (SSSR count). The van der Waals surface area contributed by atoms with Crippen molar-refractivity contribution in [3.05, 3.63) is 30.5 Å². The molecular weight excluding hydrogens is 168 g/mol. The van der Waals surface area contributed by atoms with E-state index in [-0.39, 0.29) is 6.61 Å². The van der Waals surface area contributed by atoms with Crippen LogP contribution in [0.5, 0.6) is 0 Å². The highest BCUT2D eigenvalue weighted by Gasteiger charge is 2.09. The SMILES string of the molecule is N[C@@H](CO)c1cnc2cnccn12. The zero-order valence-corrected chi connectivity index (χ0v) is 6.96. The smallest absolute Gasteiger partial charge is 0.155 e. The summed E-state index contributed by atoms with van der Waals surface area (Å²) in [6, 6.07) is -0.391. The Kier molecular flexibility index (Phi) is 1.96. The highest BCUT2D eigenvalue weighted by Crippen LogP contribution is 2.10. The monoisotopic (exact) mass is 178 g/mol. The fourth-order valence-corrected chi connectivity index (χ4v) is 1.23. The standard InChI is InChI=1S/C8H10N4O/c9-6(5-13)7-3-11-8-4-10-1-2-12(7)8/h1-4,6,13H,5,9H2/t6-/m0/s1. The van der Waals surface area contributed by atoms with E-state index >= 15 is 0 Å². The van der Waals surface area contributed by atoms with E-state index in [0.717, 1.165) is 11.3 Å². The summed E-state index contributed by atoms with van der Waals surface area (Å²) < 4.78 is 1.81. The van der Waals surface area contributed by atoms with Gasteiger partial charge in [-0.25, -0.2) is 4.98 Å². The van der Waals surface area contributed by atoms with Crippen LogP contribution in [0.1, 0.15) is 11.7 Å². The molecule has 68 valence electrons. The lowest BCUT2D eigenvalue weighted by Gasteiger charge is -2.06. The van der Waals surface area contributed by atoms with Crippen molar-refractivity contribution >= 4 is 5.65 Å². The zero-order valence-electron chi connectivity index (χ0n) is 6.96. The van der Waals surface area contributed by atoms with Gasteiger partial charge in [0.15, 0.2) is 5.65 Å². The summed E-state index contributed by atoms with van der Waals surface area (Å²) in [5, 5.41) is 8.88. The summed E-state index contributed by atoms with van der Waals surface area (Å²) in [7, 11) is 0. The van der Waals surface area contributed by atoms with E-state index in [4.69, 9.17) is 10.8 Å². The third-order valence-corrected chi connectivity index (χ3v) is 1.92. The van der Waals surface area contributed by atoms with E-state index in [1.165, 1.54) is 0 Å². The molecule has 13 heavy (non-hydrogen) atoms. The van der Waals surface area contributed by atoms with Crippen molar-refractivity contribution in [3.63, 3.8) is 0 Å². The second-order valence-electron chi connectivity index (χ2n) is 2.78. The fourth-order valence-electron chi connectivity index (χ4n) is 1.23. The predicted molar refractivity (Wildman–Crippen MR) is 47.0 cm³/mol. The van der Waals surface area contributed by atoms with Crippen molar-refractivity contribution in [2.45, 2.75) is 6.04 Å². The van der Waals surface area contributed by atoms with Gasteiger partial charge in [0.25, 0.3) is 0 Å². The Morgan fingerprint density at radius 3 is 3.15 bits per heavy atom. The first-order valence-corrected chi connectivity index (χ1v) is 3.96. The molecule has 2 heterocycles. The van der Waals surface area contributed by atoms with Crippen LogP contribution in [0.3, 0.4) is 0 Å². The summed E-state index contributed by atoms with van der Waals surface area (Å²) in [5.74, 6) is 0. The van der Waals surface area contributed by atoms with Crippen molar-refractivity contribution < 1.29 is 5.11 Å². The molecule has 0 aliphatic heterocycles. The molecule has 0 bridgehead atoms. The summed E-state index contributed by atoms with van der Waals surface area (Å²) in [6.07, 6.45) is 6.72. The molecule has 0 saturated heterocycles.